The largest absolute Gasteiger partial charge is 0.497 e. The van der Waals surface area contributed by atoms with E-state index < -0.39 is 0 Å². The second-order valence-corrected chi connectivity index (χ2v) is 9.35. The summed E-state index contributed by atoms with van der Waals surface area (Å²) in [6, 6.07) is 21.4. The first-order valence-corrected chi connectivity index (χ1v) is 11.7. The lowest BCUT2D eigenvalue weighted by molar-refractivity contribution is -0.117. The summed E-state index contributed by atoms with van der Waals surface area (Å²) in [6.07, 6.45) is 0. The molecule has 0 aliphatic heterocycles. The van der Waals surface area contributed by atoms with Crippen LogP contribution in [0.1, 0.15) is 29.5 Å². The van der Waals surface area contributed by atoms with Crippen molar-refractivity contribution in [1.29, 1.82) is 5.26 Å². The Bertz CT molecular complexity index is 1300. The van der Waals surface area contributed by atoms with Crippen molar-refractivity contribution >= 4 is 44.9 Å². The van der Waals surface area contributed by atoms with Gasteiger partial charge in [0.1, 0.15) is 5.75 Å². The van der Waals surface area contributed by atoms with Gasteiger partial charge in [0.05, 0.1) is 24.7 Å². The van der Waals surface area contributed by atoms with Gasteiger partial charge in [0.15, 0.2) is 4.34 Å². The number of nitriles is 1. The fourth-order valence-corrected chi connectivity index (χ4v) is 4.85. The molecule has 0 saturated heterocycles. The maximum Gasteiger partial charge on any atom is 0.233 e. The van der Waals surface area contributed by atoms with E-state index in [0.717, 1.165) is 32.0 Å². The number of benzene rings is 3. The molecule has 4 rings (SSSR count). The van der Waals surface area contributed by atoms with Gasteiger partial charge in [0.2, 0.25) is 11.0 Å². The molecule has 0 fully saturated rings. The summed E-state index contributed by atoms with van der Waals surface area (Å²) in [7, 11) is 1.65. The smallest absolute Gasteiger partial charge is 0.233 e. The first-order valence-electron chi connectivity index (χ1n) is 9.89. The number of ether oxygens (including phenoxy) is 1. The normalized spacial score (nSPS) is 11.7. The fraction of sp³-hybridized carbons (Fsp3) is 0.167. The number of nitrogens with zero attached hydrogens (tertiary/aromatic N) is 3. The maximum absolute atomic E-state index is 12.8. The van der Waals surface area contributed by atoms with Crippen molar-refractivity contribution in [2.45, 2.75) is 22.9 Å². The molecule has 1 amide bonds. The monoisotopic (exact) mass is 460 g/mol. The molecule has 0 aliphatic carbocycles. The molecule has 32 heavy (non-hydrogen) atoms. The van der Waals surface area contributed by atoms with Gasteiger partial charge in [-0.05, 0) is 53.1 Å². The third kappa shape index (κ3) is 5.07. The summed E-state index contributed by atoms with van der Waals surface area (Å²) in [6.45, 7) is 1.88. The number of hydrogen-bond donors (Lipinski definition) is 1. The number of nitrogens with one attached hydrogen (secondary N) is 1. The number of anilines is 1. The molecule has 6 nitrogen and oxygen atoms in total. The highest BCUT2D eigenvalue weighted by atomic mass is 32.2. The zero-order valence-corrected chi connectivity index (χ0v) is 19.2. The standard InChI is InChI=1S/C24H20N4O2S2/c1-15(18-7-8-20-12-21(30-2)10-9-19(20)11-18)22(29)26-23-27-28-24(32-23)31-14-17-5-3-16(13-25)4-6-17/h3-12,15H,14H2,1-2H3,(H,26,27,29)/t15-/m0/s1. The molecular weight excluding hydrogens is 440 g/mol. The number of fused-ring (bicyclic) bond motifs is 1. The topological polar surface area (TPSA) is 87.9 Å². The zero-order valence-electron chi connectivity index (χ0n) is 17.5. The molecular formula is C24H20N4O2S2. The molecule has 1 atom stereocenters. The highest BCUT2D eigenvalue weighted by Crippen LogP contribution is 2.30. The number of carbonyl (C=O) groups excluding carboxylic acids is 1. The summed E-state index contributed by atoms with van der Waals surface area (Å²) in [4.78, 5) is 12.8. The summed E-state index contributed by atoms with van der Waals surface area (Å²) < 4.78 is 6.04. The van der Waals surface area contributed by atoms with Crippen molar-refractivity contribution in [3.63, 3.8) is 0 Å². The van der Waals surface area contributed by atoms with Crippen LogP contribution in [0.2, 0.25) is 0 Å². The van der Waals surface area contributed by atoms with Crippen LogP contribution in [0.5, 0.6) is 5.75 Å². The number of aromatic nitrogens is 2. The number of rotatable bonds is 7. The molecule has 0 spiro atoms. The Kier molecular flexibility index (Phi) is 6.69. The van der Waals surface area contributed by atoms with Gasteiger partial charge in [-0.25, -0.2) is 0 Å². The van der Waals surface area contributed by atoms with Crippen molar-refractivity contribution in [2.75, 3.05) is 12.4 Å². The van der Waals surface area contributed by atoms with Crippen LogP contribution in [-0.4, -0.2) is 23.2 Å². The van der Waals surface area contributed by atoms with E-state index in [0.29, 0.717) is 16.4 Å². The molecule has 160 valence electrons. The zero-order chi connectivity index (χ0) is 22.5. The minimum Gasteiger partial charge on any atom is -0.497 e. The third-order valence-corrected chi connectivity index (χ3v) is 7.09. The van der Waals surface area contributed by atoms with Gasteiger partial charge in [0, 0.05) is 5.75 Å². The van der Waals surface area contributed by atoms with Gasteiger partial charge in [-0.3, -0.25) is 10.1 Å². The van der Waals surface area contributed by atoms with Crippen LogP contribution in [0.3, 0.4) is 0 Å². The molecule has 0 radical (unpaired) electrons. The lowest BCUT2D eigenvalue weighted by atomic mass is 9.97. The van der Waals surface area contributed by atoms with E-state index in [2.05, 4.69) is 21.6 Å². The average Bonchev–Trinajstić information content (AvgIpc) is 3.29. The summed E-state index contributed by atoms with van der Waals surface area (Å²) in [5.74, 6) is 1.06. The number of thioether (sulfide) groups is 1. The number of methoxy groups -OCH3 is 1. The van der Waals surface area contributed by atoms with Gasteiger partial charge in [0.25, 0.3) is 0 Å². The summed E-state index contributed by atoms with van der Waals surface area (Å²) in [5, 5.41) is 22.6. The Morgan fingerprint density at radius 2 is 1.88 bits per heavy atom. The van der Waals surface area contributed by atoms with Gasteiger partial charge in [-0.15, -0.1) is 10.2 Å². The predicted molar refractivity (Wildman–Crippen MR) is 128 cm³/mol. The second kappa shape index (κ2) is 9.81. The van der Waals surface area contributed by atoms with Crippen LogP contribution in [0, 0.1) is 11.3 Å². The lowest BCUT2D eigenvalue weighted by Crippen LogP contribution is -2.18. The van der Waals surface area contributed by atoms with Crippen LogP contribution in [0.15, 0.2) is 65.0 Å². The van der Waals surface area contributed by atoms with E-state index in [9.17, 15) is 4.79 Å². The fourth-order valence-electron chi connectivity index (χ4n) is 3.14. The van der Waals surface area contributed by atoms with Crippen LogP contribution in [-0.2, 0) is 10.5 Å². The predicted octanol–water partition coefficient (Wildman–Crippen LogP) is 5.61. The van der Waals surface area contributed by atoms with Crippen molar-refractivity contribution < 1.29 is 9.53 Å². The SMILES string of the molecule is COc1ccc2cc([C@H](C)C(=O)Nc3nnc(SCc4ccc(C#N)cc4)s3)ccc2c1. The molecule has 1 heterocycles. The van der Waals surface area contributed by atoms with Crippen LogP contribution >= 0.6 is 23.1 Å². The molecule has 4 aromatic rings. The lowest BCUT2D eigenvalue weighted by Gasteiger charge is -2.12. The van der Waals surface area contributed by atoms with E-state index in [4.69, 9.17) is 10.00 Å². The number of carbonyl (C=O) groups is 1. The molecule has 0 saturated carbocycles. The third-order valence-electron chi connectivity index (χ3n) is 5.05. The van der Waals surface area contributed by atoms with Crippen molar-refractivity contribution in [3.05, 3.63) is 77.4 Å². The highest BCUT2D eigenvalue weighted by Gasteiger charge is 2.18. The van der Waals surface area contributed by atoms with Crippen molar-refractivity contribution in [1.82, 2.24) is 10.2 Å². The van der Waals surface area contributed by atoms with E-state index in [1.54, 1.807) is 31.0 Å². The molecule has 1 aromatic heterocycles. The van der Waals surface area contributed by atoms with Gasteiger partial charge in [-0.1, -0.05) is 59.5 Å². The molecule has 8 heteroatoms. The Balaban J connectivity index is 1.37. The minimum absolute atomic E-state index is 0.127. The maximum atomic E-state index is 12.8. The van der Waals surface area contributed by atoms with Crippen LogP contribution < -0.4 is 10.1 Å². The Morgan fingerprint density at radius 1 is 1.12 bits per heavy atom. The van der Waals surface area contributed by atoms with Crippen molar-refractivity contribution in [3.8, 4) is 11.8 Å². The van der Waals surface area contributed by atoms with E-state index in [-0.39, 0.29) is 11.8 Å². The molecule has 0 bridgehead atoms. The summed E-state index contributed by atoms with van der Waals surface area (Å²) in [5.41, 5.74) is 2.66. The number of amides is 1. The Labute approximate surface area is 194 Å². The molecule has 0 unspecified atom stereocenters. The van der Waals surface area contributed by atoms with E-state index in [1.165, 1.54) is 11.3 Å². The van der Waals surface area contributed by atoms with E-state index in [1.807, 2.05) is 55.5 Å². The first-order chi connectivity index (χ1) is 15.6. The molecule has 1 N–H and O–H groups in total. The highest BCUT2D eigenvalue weighted by molar-refractivity contribution is 8.00. The molecule has 3 aromatic carbocycles. The second-order valence-electron chi connectivity index (χ2n) is 7.15. The van der Waals surface area contributed by atoms with Gasteiger partial charge >= 0.3 is 0 Å². The minimum atomic E-state index is -0.333. The summed E-state index contributed by atoms with van der Waals surface area (Å²) >= 11 is 2.89. The quantitative estimate of drug-likeness (QED) is 0.285. The Hall–Kier alpha value is -3.41. The first kappa shape index (κ1) is 21.8. The van der Waals surface area contributed by atoms with Crippen LogP contribution in [0.25, 0.3) is 10.8 Å². The average molecular weight is 461 g/mol. The van der Waals surface area contributed by atoms with Crippen molar-refractivity contribution in [2.24, 2.45) is 0 Å². The van der Waals surface area contributed by atoms with Crippen LogP contribution in [0.4, 0.5) is 5.13 Å². The van der Waals surface area contributed by atoms with E-state index >= 15 is 0 Å². The molecule has 0 aliphatic rings. The Morgan fingerprint density at radius 3 is 2.62 bits per heavy atom. The van der Waals surface area contributed by atoms with Gasteiger partial charge in [-0.2, -0.15) is 5.26 Å². The van der Waals surface area contributed by atoms with Gasteiger partial charge < -0.3 is 4.74 Å². The number of hydrogen-bond acceptors (Lipinski definition) is 7.